The third kappa shape index (κ3) is 3.39. The van der Waals surface area contributed by atoms with Crippen LogP contribution in [0, 0.1) is 18.3 Å². The summed E-state index contributed by atoms with van der Waals surface area (Å²) in [6.45, 7) is 3.92. The number of benzene rings is 1. The molecule has 0 aliphatic heterocycles. The Morgan fingerprint density at radius 2 is 2.15 bits per heavy atom. The molecule has 0 saturated carbocycles. The number of amides is 1. The first-order valence-electron chi connectivity index (χ1n) is 6.19. The minimum atomic E-state index is -0.107. The van der Waals surface area contributed by atoms with Crippen molar-refractivity contribution in [3.05, 3.63) is 47.4 Å². The van der Waals surface area contributed by atoms with Crippen LogP contribution in [0.1, 0.15) is 24.0 Å². The summed E-state index contributed by atoms with van der Waals surface area (Å²) in [5.41, 5.74) is 2.71. The molecule has 2 rings (SSSR count). The predicted octanol–water partition coefficient (Wildman–Crippen LogP) is 3.03. The molecule has 0 unspecified atom stereocenters. The Morgan fingerprint density at radius 3 is 2.80 bits per heavy atom. The maximum absolute atomic E-state index is 11.0. The zero-order chi connectivity index (χ0) is 14.5. The number of nitriles is 1. The number of nitrogens with one attached hydrogen (secondary N) is 2. The molecule has 1 heterocycles. The highest BCUT2D eigenvalue weighted by molar-refractivity contribution is 5.89. The van der Waals surface area contributed by atoms with Crippen molar-refractivity contribution in [1.82, 2.24) is 0 Å². The van der Waals surface area contributed by atoms with Gasteiger partial charge in [0.2, 0.25) is 11.7 Å². The van der Waals surface area contributed by atoms with Crippen molar-refractivity contribution in [1.29, 1.82) is 5.26 Å². The number of carbonyl (C=O) groups excluding carboxylic acids is 1. The molecule has 0 radical (unpaired) electrons. The van der Waals surface area contributed by atoms with Gasteiger partial charge >= 0.3 is 0 Å². The maximum atomic E-state index is 11.0. The van der Waals surface area contributed by atoms with Crippen molar-refractivity contribution in [2.45, 2.75) is 20.4 Å². The van der Waals surface area contributed by atoms with E-state index in [1.165, 1.54) is 6.92 Å². The van der Waals surface area contributed by atoms with Crippen LogP contribution in [-0.2, 0) is 11.3 Å². The Labute approximate surface area is 117 Å². The molecule has 0 aliphatic rings. The molecule has 0 atom stereocenters. The van der Waals surface area contributed by atoms with E-state index in [1.54, 1.807) is 12.1 Å². The van der Waals surface area contributed by atoms with Crippen LogP contribution in [0.25, 0.3) is 0 Å². The number of rotatable bonds is 4. The van der Waals surface area contributed by atoms with Crippen LogP contribution < -0.4 is 10.6 Å². The van der Waals surface area contributed by atoms with E-state index in [1.807, 2.05) is 31.2 Å². The molecule has 20 heavy (non-hydrogen) atoms. The fourth-order valence-corrected chi connectivity index (χ4v) is 1.81. The summed E-state index contributed by atoms with van der Waals surface area (Å²) in [7, 11) is 0. The number of hydrogen-bond donors (Lipinski definition) is 2. The number of carbonyl (C=O) groups is 1. The standard InChI is InChI=1S/C15H15N3O2/c1-10-3-4-12(18-11(2)19)7-15(10)17-9-14-6-5-13(8-16)20-14/h3-7,17H,9H2,1-2H3,(H,18,19). The summed E-state index contributed by atoms with van der Waals surface area (Å²) < 4.78 is 5.30. The first-order valence-corrected chi connectivity index (χ1v) is 6.19. The van der Waals surface area contributed by atoms with Crippen LogP contribution in [0.5, 0.6) is 0 Å². The molecule has 5 nitrogen and oxygen atoms in total. The summed E-state index contributed by atoms with van der Waals surface area (Å²) >= 11 is 0. The lowest BCUT2D eigenvalue weighted by Gasteiger charge is -2.11. The highest BCUT2D eigenvalue weighted by Gasteiger charge is 2.04. The van der Waals surface area contributed by atoms with E-state index >= 15 is 0 Å². The van der Waals surface area contributed by atoms with Gasteiger partial charge in [-0.15, -0.1) is 0 Å². The van der Waals surface area contributed by atoms with E-state index < -0.39 is 0 Å². The highest BCUT2D eigenvalue weighted by Crippen LogP contribution is 2.21. The molecular weight excluding hydrogens is 254 g/mol. The van der Waals surface area contributed by atoms with Crippen molar-refractivity contribution in [3.63, 3.8) is 0 Å². The van der Waals surface area contributed by atoms with Crippen molar-refractivity contribution in [2.75, 3.05) is 10.6 Å². The van der Waals surface area contributed by atoms with Gasteiger partial charge in [0.25, 0.3) is 0 Å². The minimum absolute atomic E-state index is 0.107. The lowest BCUT2D eigenvalue weighted by atomic mass is 10.1. The van der Waals surface area contributed by atoms with Crippen molar-refractivity contribution < 1.29 is 9.21 Å². The molecule has 1 aromatic carbocycles. The van der Waals surface area contributed by atoms with Gasteiger partial charge in [-0.3, -0.25) is 4.79 Å². The second-order valence-electron chi connectivity index (χ2n) is 4.44. The first kappa shape index (κ1) is 13.7. The molecule has 102 valence electrons. The van der Waals surface area contributed by atoms with Crippen molar-refractivity contribution >= 4 is 17.3 Å². The Bertz CT molecular complexity index is 668. The Morgan fingerprint density at radius 1 is 1.35 bits per heavy atom. The third-order valence-electron chi connectivity index (χ3n) is 2.78. The highest BCUT2D eigenvalue weighted by atomic mass is 16.3. The lowest BCUT2D eigenvalue weighted by molar-refractivity contribution is -0.114. The molecule has 2 aromatic rings. The van der Waals surface area contributed by atoms with E-state index in [4.69, 9.17) is 9.68 Å². The van der Waals surface area contributed by atoms with Gasteiger partial charge in [-0.2, -0.15) is 5.26 Å². The van der Waals surface area contributed by atoms with Gasteiger partial charge in [0.05, 0.1) is 6.54 Å². The SMILES string of the molecule is CC(=O)Nc1ccc(C)c(NCc2ccc(C#N)o2)c1. The molecule has 1 amide bonds. The number of nitrogens with zero attached hydrogens (tertiary/aromatic N) is 1. The summed E-state index contributed by atoms with van der Waals surface area (Å²) in [6.07, 6.45) is 0. The largest absolute Gasteiger partial charge is 0.449 e. The van der Waals surface area contributed by atoms with Gasteiger partial charge in [-0.25, -0.2) is 0 Å². The van der Waals surface area contributed by atoms with Crippen molar-refractivity contribution in [2.24, 2.45) is 0 Å². The summed E-state index contributed by atoms with van der Waals surface area (Å²) in [4.78, 5) is 11.0. The Hall–Kier alpha value is -2.74. The van der Waals surface area contributed by atoms with Gasteiger partial charge in [0.15, 0.2) is 0 Å². The van der Waals surface area contributed by atoms with Gasteiger partial charge in [0, 0.05) is 18.3 Å². The molecule has 0 fully saturated rings. The number of anilines is 2. The minimum Gasteiger partial charge on any atom is -0.449 e. The second kappa shape index (κ2) is 5.93. The summed E-state index contributed by atoms with van der Waals surface area (Å²) in [6, 6.07) is 11.0. The molecule has 2 N–H and O–H groups in total. The number of hydrogen-bond acceptors (Lipinski definition) is 4. The molecule has 0 saturated heterocycles. The predicted molar refractivity (Wildman–Crippen MR) is 76.2 cm³/mol. The van der Waals surface area contributed by atoms with E-state index in [-0.39, 0.29) is 5.91 Å². The fourth-order valence-electron chi connectivity index (χ4n) is 1.81. The van der Waals surface area contributed by atoms with Crippen LogP contribution in [0.3, 0.4) is 0 Å². The smallest absolute Gasteiger partial charge is 0.221 e. The molecular formula is C15H15N3O2. The maximum Gasteiger partial charge on any atom is 0.221 e. The first-order chi connectivity index (χ1) is 9.58. The van der Waals surface area contributed by atoms with Crippen LogP contribution in [0.15, 0.2) is 34.7 Å². The van der Waals surface area contributed by atoms with E-state index in [9.17, 15) is 4.79 Å². The molecule has 0 bridgehead atoms. The monoisotopic (exact) mass is 269 g/mol. The second-order valence-corrected chi connectivity index (χ2v) is 4.44. The average molecular weight is 269 g/mol. The molecule has 0 aliphatic carbocycles. The van der Waals surface area contributed by atoms with Crippen LogP contribution >= 0.6 is 0 Å². The van der Waals surface area contributed by atoms with E-state index in [0.29, 0.717) is 18.1 Å². The molecule has 1 aromatic heterocycles. The van der Waals surface area contributed by atoms with E-state index in [2.05, 4.69) is 10.6 Å². The number of furan rings is 1. The zero-order valence-corrected chi connectivity index (χ0v) is 11.4. The summed E-state index contributed by atoms with van der Waals surface area (Å²) in [5.74, 6) is 0.876. The van der Waals surface area contributed by atoms with Crippen LogP contribution in [0.2, 0.25) is 0 Å². The van der Waals surface area contributed by atoms with E-state index in [0.717, 1.165) is 16.9 Å². The van der Waals surface area contributed by atoms with Crippen LogP contribution in [0.4, 0.5) is 11.4 Å². The van der Waals surface area contributed by atoms with Crippen molar-refractivity contribution in [3.8, 4) is 6.07 Å². The third-order valence-corrected chi connectivity index (χ3v) is 2.78. The van der Waals surface area contributed by atoms with Crippen LogP contribution in [-0.4, -0.2) is 5.91 Å². The topological polar surface area (TPSA) is 78.1 Å². The van der Waals surface area contributed by atoms with Gasteiger partial charge in [0.1, 0.15) is 11.8 Å². The average Bonchev–Trinajstić information content (AvgIpc) is 2.87. The summed E-state index contributed by atoms with van der Waals surface area (Å²) in [5, 5.41) is 14.7. The van der Waals surface area contributed by atoms with Gasteiger partial charge in [-0.05, 0) is 36.8 Å². The molecule has 5 heteroatoms. The normalized spacial score (nSPS) is 9.85. The zero-order valence-electron chi connectivity index (χ0n) is 11.4. The molecule has 0 spiro atoms. The van der Waals surface area contributed by atoms with Gasteiger partial charge in [-0.1, -0.05) is 6.07 Å². The van der Waals surface area contributed by atoms with Gasteiger partial charge < -0.3 is 15.1 Å². The Kier molecular flexibility index (Phi) is 4.06. The number of aryl methyl sites for hydroxylation is 1. The lowest BCUT2D eigenvalue weighted by Crippen LogP contribution is -2.07. The quantitative estimate of drug-likeness (QED) is 0.894. The Balaban J connectivity index is 2.08. The fraction of sp³-hybridized carbons (Fsp3) is 0.200.